The number of carbonyl (C=O) groups is 2. The van der Waals surface area contributed by atoms with Crippen LogP contribution in [0.15, 0.2) is 72.8 Å². The highest BCUT2D eigenvalue weighted by atomic mass is 16.5. The second kappa shape index (κ2) is 13.3. The van der Waals surface area contributed by atoms with Crippen LogP contribution >= 0.6 is 0 Å². The Morgan fingerprint density at radius 1 is 0.429 bits per heavy atom. The van der Waals surface area contributed by atoms with Crippen LogP contribution in [0.2, 0.25) is 0 Å². The lowest BCUT2D eigenvalue weighted by Crippen LogP contribution is -2.13. The first kappa shape index (κ1) is 29.6. The van der Waals surface area contributed by atoms with Crippen molar-refractivity contribution in [3.05, 3.63) is 83.9 Å². The van der Waals surface area contributed by atoms with E-state index in [4.69, 9.17) is 28.4 Å². The van der Waals surface area contributed by atoms with Gasteiger partial charge in [-0.1, -0.05) is 12.1 Å². The molecule has 0 spiro atoms. The molecule has 10 heteroatoms. The van der Waals surface area contributed by atoms with E-state index < -0.39 is 0 Å². The summed E-state index contributed by atoms with van der Waals surface area (Å²) in [7, 11) is 9.13. The third kappa shape index (κ3) is 6.33. The Bertz CT molecular complexity index is 1480. The average Bonchev–Trinajstić information content (AvgIpc) is 3.04. The molecule has 4 rings (SSSR count). The van der Waals surface area contributed by atoms with E-state index >= 15 is 0 Å². The summed E-state index contributed by atoms with van der Waals surface area (Å²) >= 11 is 0. The van der Waals surface area contributed by atoms with Gasteiger partial charge in [0.05, 0.1) is 54.0 Å². The summed E-state index contributed by atoms with van der Waals surface area (Å²) in [5, 5.41) is 5.76. The minimum atomic E-state index is -0.335. The maximum absolute atomic E-state index is 13.0. The van der Waals surface area contributed by atoms with Crippen LogP contribution in [-0.2, 0) is 0 Å². The van der Waals surface area contributed by atoms with Gasteiger partial charge in [0, 0.05) is 11.1 Å². The highest BCUT2D eigenvalue weighted by molar-refractivity contribution is 6.06. The van der Waals surface area contributed by atoms with Crippen molar-refractivity contribution in [3.8, 4) is 45.6 Å². The fraction of sp³-hybridized carbons (Fsp3) is 0.188. The molecule has 0 aliphatic carbocycles. The molecule has 0 bridgehead atoms. The van der Waals surface area contributed by atoms with Gasteiger partial charge in [-0.05, 0) is 71.8 Å². The van der Waals surface area contributed by atoms with Gasteiger partial charge in [-0.15, -0.1) is 0 Å². The van der Waals surface area contributed by atoms with Crippen LogP contribution in [0.5, 0.6) is 34.5 Å². The van der Waals surface area contributed by atoms with Crippen LogP contribution in [0, 0.1) is 0 Å². The van der Waals surface area contributed by atoms with Gasteiger partial charge < -0.3 is 39.1 Å². The minimum absolute atomic E-state index is 0.335. The first-order valence-corrected chi connectivity index (χ1v) is 12.8. The van der Waals surface area contributed by atoms with E-state index in [1.807, 2.05) is 12.1 Å². The Kier molecular flexibility index (Phi) is 9.39. The van der Waals surface area contributed by atoms with Crippen LogP contribution in [-0.4, -0.2) is 54.5 Å². The molecule has 4 aromatic rings. The van der Waals surface area contributed by atoms with Gasteiger partial charge in [-0.25, -0.2) is 0 Å². The molecule has 4 aromatic carbocycles. The first-order chi connectivity index (χ1) is 20.3. The van der Waals surface area contributed by atoms with Gasteiger partial charge >= 0.3 is 0 Å². The highest BCUT2D eigenvalue weighted by Gasteiger charge is 2.16. The van der Waals surface area contributed by atoms with E-state index in [0.29, 0.717) is 57.0 Å². The molecule has 42 heavy (non-hydrogen) atoms. The molecule has 0 atom stereocenters. The zero-order valence-corrected chi connectivity index (χ0v) is 24.2. The monoisotopic (exact) mass is 572 g/mol. The SMILES string of the molecule is COc1cc(-c2ccc(NC(=O)c3ccc(OC)c(OC)c3)c(OC)c2)ccc1NC(=O)c1ccc(OC)c(OC)c1. The maximum atomic E-state index is 13.0. The molecule has 2 N–H and O–H groups in total. The van der Waals surface area contributed by atoms with E-state index in [9.17, 15) is 9.59 Å². The second-order valence-corrected chi connectivity index (χ2v) is 8.88. The molecule has 0 unspecified atom stereocenters. The van der Waals surface area contributed by atoms with Crippen LogP contribution < -0.4 is 39.1 Å². The minimum Gasteiger partial charge on any atom is -0.495 e. The Morgan fingerprint density at radius 3 is 1.12 bits per heavy atom. The van der Waals surface area contributed by atoms with Gasteiger partial charge in [0.1, 0.15) is 11.5 Å². The fourth-order valence-electron chi connectivity index (χ4n) is 4.29. The van der Waals surface area contributed by atoms with Crippen molar-refractivity contribution in [3.63, 3.8) is 0 Å². The number of carbonyl (C=O) groups excluding carboxylic acids is 2. The molecule has 0 aliphatic heterocycles. The van der Waals surface area contributed by atoms with Crippen molar-refractivity contribution in [2.24, 2.45) is 0 Å². The van der Waals surface area contributed by atoms with E-state index in [-0.39, 0.29) is 11.8 Å². The zero-order valence-electron chi connectivity index (χ0n) is 24.2. The maximum Gasteiger partial charge on any atom is 0.255 e. The van der Waals surface area contributed by atoms with Gasteiger partial charge in [0.25, 0.3) is 11.8 Å². The highest BCUT2D eigenvalue weighted by Crippen LogP contribution is 2.36. The van der Waals surface area contributed by atoms with Gasteiger partial charge in [0.2, 0.25) is 0 Å². The summed E-state index contributed by atoms with van der Waals surface area (Å²) in [4.78, 5) is 25.9. The third-order valence-corrected chi connectivity index (χ3v) is 6.52. The van der Waals surface area contributed by atoms with Crippen LogP contribution in [0.1, 0.15) is 20.7 Å². The molecule has 0 aromatic heterocycles. The normalized spacial score (nSPS) is 10.3. The lowest BCUT2D eigenvalue weighted by molar-refractivity contribution is 0.101. The average molecular weight is 573 g/mol. The number of benzene rings is 4. The second-order valence-electron chi connectivity index (χ2n) is 8.88. The van der Waals surface area contributed by atoms with Crippen molar-refractivity contribution in [1.82, 2.24) is 0 Å². The van der Waals surface area contributed by atoms with Crippen LogP contribution in [0.3, 0.4) is 0 Å². The van der Waals surface area contributed by atoms with Gasteiger partial charge in [-0.2, -0.15) is 0 Å². The molecule has 0 radical (unpaired) electrons. The Balaban J connectivity index is 1.54. The first-order valence-electron chi connectivity index (χ1n) is 12.8. The molecule has 0 aliphatic rings. The summed E-state index contributed by atoms with van der Waals surface area (Å²) < 4.78 is 32.2. The summed E-state index contributed by atoms with van der Waals surface area (Å²) in [6.07, 6.45) is 0. The van der Waals surface area contributed by atoms with E-state index in [2.05, 4.69) is 10.6 Å². The molecule has 0 saturated carbocycles. The van der Waals surface area contributed by atoms with E-state index in [1.165, 1.54) is 42.7 Å². The standard InChI is InChI=1S/C32H32N2O8/c1-37-25-13-9-21(17-29(25)41-5)31(35)33-23-11-7-19(15-27(23)39-3)20-8-12-24(28(16-20)40-4)34-32(36)22-10-14-26(38-2)30(18-22)42-6/h7-18H,1-6H3,(H,33,35)(H,34,36). The lowest BCUT2D eigenvalue weighted by Gasteiger charge is -2.15. The predicted molar refractivity (Wildman–Crippen MR) is 160 cm³/mol. The summed E-state index contributed by atoms with van der Waals surface area (Å²) in [5.41, 5.74) is 3.40. The number of hydrogen-bond acceptors (Lipinski definition) is 8. The van der Waals surface area contributed by atoms with Gasteiger partial charge in [-0.3, -0.25) is 9.59 Å². The van der Waals surface area contributed by atoms with Crippen LogP contribution in [0.4, 0.5) is 11.4 Å². The lowest BCUT2D eigenvalue weighted by atomic mass is 10.0. The molecule has 0 saturated heterocycles. The number of hydrogen-bond donors (Lipinski definition) is 2. The number of nitrogens with one attached hydrogen (secondary N) is 2. The Labute approximate surface area is 244 Å². The number of rotatable bonds is 11. The van der Waals surface area contributed by atoms with Crippen molar-refractivity contribution < 1.29 is 38.0 Å². The van der Waals surface area contributed by atoms with E-state index in [1.54, 1.807) is 60.7 Å². The largest absolute Gasteiger partial charge is 0.495 e. The summed E-state index contributed by atoms with van der Waals surface area (Å²) in [5.74, 6) is 2.21. The summed E-state index contributed by atoms with van der Waals surface area (Å²) in [6.45, 7) is 0. The van der Waals surface area contributed by atoms with Crippen LogP contribution in [0.25, 0.3) is 11.1 Å². The molecule has 218 valence electrons. The van der Waals surface area contributed by atoms with E-state index in [0.717, 1.165) is 11.1 Å². The van der Waals surface area contributed by atoms with Crippen molar-refractivity contribution >= 4 is 23.2 Å². The molecule has 10 nitrogen and oxygen atoms in total. The molecule has 2 amide bonds. The Morgan fingerprint density at radius 2 is 0.786 bits per heavy atom. The summed E-state index contributed by atoms with van der Waals surface area (Å²) in [6, 6.07) is 20.7. The number of anilines is 2. The molecule has 0 fully saturated rings. The van der Waals surface area contributed by atoms with Crippen molar-refractivity contribution in [2.45, 2.75) is 0 Å². The number of ether oxygens (including phenoxy) is 6. The molecule has 0 heterocycles. The van der Waals surface area contributed by atoms with Crippen molar-refractivity contribution in [1.29, 1.82) is 0 Å². The topological polar surface area (TPSA) is 114 Å². The quantitative estimate of drug-likeness (QED) is 0.228. The smallest absolute Gasteiger partial charge is 0.255 e. The zero-order chi connectivity index (χ0) is 30.2. The van der Waals surface area contributed by atoms with Gasteiger partial charge in [0.15, 0.2) is 23.0 Å². The Hall–Kier alpha value is -5.38. The van der Waals surface area contributed by atoms with Crippen molar-refractivity contribution in [2.75, 3.05) is 53.3 Å². The molecular weight excluding hydrogens is 540 g/mol. The number of methoxy groups -OCH3 is 6. The third-order valence-electron chi connectivity index (χ3n) is 6.52. The molecular formula is C32H32N2O8. The number of amides is 2. The fourth-order valence-corrected chi connectivity index (χ4v) is 4.29. The predicted octanol–water partition coefficient (Wildman–Crippen LogP) is 5.91.